The van der Waals surface area contributed by atoms with Crippen LogP contribution in [-0.4, -0.2) is 27.4 Å². The summed E-state index contributed by atoms with van der Waals surface area (Å²) < 4.78 is 32.6. The third-order valence-corrected chi connectivity index (χ3v) is 6.34. The molecule has 0 bridgehead atoms. The molecule has 0 aliphatic rings. The highest BCUT2D eigenvalue weighted by atomic mass is 35.5. The van der Waals surface area contributed by atoms with Crippen LogP contribution in [-0.2, 0) is 14.8 Å². The molecule has 3 rings (SSSR count). The maximum atomic E-state index is 12.8. The first kappa shape index (κ1) is 22.6. The molecule has 0 heterocycles. The third kappa shape index (κ3) is 5.35. The van der Waals surface area contributed by atoms with E-state index in [9.17, 15) is 18.0 Å². The molecule has 3 aromatic rings. The summed E-state index contributed by atoms with van der Waals surface area (Å²) in [7, 11) is -2.82. The van der Waals surface area contributed by atoms with Crippen molar-refractivity contribution in [1.29, 1.82) is 0 Å². The van der Waals surface area contributed by atoms with E-state index < -0.39 is 21.9 Å². The number of methoxy groups -OCH3 is 1. The van der Waals surface area contributed by atoms with E-state index in [2.05, 4.69) is 14.8 Å². The maximum Gasteiger partial charge on any atom is 0.337 e. The fourth-order valence-corrected chi connectivity index (χ4v) is 4.38. The monoisotopic (exact) mass is 478 g/mol. The quantitative estimate of drug-likeness (QED) is 0.493. The Labute approximate surface area is 189 Å². The fourth-order valence-electron chi connectivity index (χ4n) is 2.63. The highest BCUT2D eigenvalue weighted by molar-refractivity contribution is 7.92. The van der Waals surface area contributed by atoms with Gasteiger partial charge >= 0.3 is 5.97 Å². The van der Waals surface area contributed by atoms with Crippen molar-refractivity contribution in [2.24, 2.45) is 0 Å². The molecular formula is C21H16Cl2N2O5S. The molecule has 0 aliphatic heterocycles. The molecule has 0 saturated heterocycles. The Morgan fingerprint density at radius 1 is 0.871 bits per heavy atom. The van der Waals surface area contributed by atoms with Gasteiger partial charge in [-0.15, -0.1) is 0 Å². The lowest BCUT2D eigenvalue weighted by molar-refractivity contribution is 0.0600. The van der Waals surface area contributed by atoms with Crippen LogP contribution in [0.3, 0.4) is 0 Å². The van der Waals surface area contributed by atoms with Gasteiger partial charge in [0.05, 0.1) is 28.4 Å². The van der Waals surface area contributed by atoms with Crippen molar-refractivity contribution in [3.05, 3.63) is 87.9 Å². The summed E-state index contributed by atoms with van der Waals surface area (Å²) in [6.45, 7) is 0. The summed E-state index contributed by atoms with van der Waals surface area (Å²) in [6.07, 6.45) is 0. The van der Waals surface area contributed by atoms with Crippen LogP contribution < -0.4 is 10.0 Å². The second kappa shape index (κ2) is 9.38. The average molecular weight is 479 g/mol. The van der Waals surface area contributed by atoms with Gasteiger partial charge in [-0.1, -0.05) is 41.4 Å². The number of hydrogen-bond acceptors (Lipinski definition) is 5. The highest BCUT2D eigenvalue weighted by Crippen LogP contribution is 2.27. The first-order valence-corrected chi connectivity index (χ1v) is 11.0. The minimum absolute atomic E-state index is 0.0253. The highest BCUT2D eigenvalue weighted by Gasteiger charge is 2.21. The Bertz CT molecular complexity index is 1250. The summed E-state index contributed by atoms with van der Waals surface area (Å²) in [5.41, 5.74) is 0.724. The molecule has 0 aromatic heterocycles. The molecule has 31 heavy (non-hydrogen) atoms. The summed E-state index contributed by atoms with van der Waals surface area (Å²) >= 11 is 12.2. The fraction of sp³-hybridized carbons (Fsp3) is 0.0476. The number of para-hydroxylation sites is 1. The molecule has 0 aliphatic carbocycles. The van der Waals surface area contributed by atoms with Crippen molar-refractivity contribution >= 4 is 56.5 Å². The van der Waals surface area contributed by atoms with Crippen molar-refractivity contribution in [2.45, 2.75) is 4.90 Å². The zero-order valence-corrected chi connectivity index (χ0v) is 18.4. The Hall–Kier alpha value is -3.07. The molecule has 0 saturated carbocycles. The van der Waals surface area contributed by atoms with E-state index in [-0.39, 0.29) is 31.8 Å². The Balaban J connectivity index is 1.89. The van der Waals surface area contributed by atoms with Gasteiger partial charge in [0, 0.05) is 11.3 Å². The van der Waals surface area contributed by atoms with E-state index in [0.29, 0.717) is 5.69 Å². The van der Waals surface area contributed by atoms with Gasteiger partial charge < -0.3 is 10.1 Å². The summed E-state index contributed by atoms with van der Waals surface area (Å²) in [4.78, 5) is 24.2. The minimum Gasteiger partial charge on any atom is -0.465 e. The van der Waals surface area contributed by atoms with Crippen molar-refractivity contribution in [1.82, 2.24) is 0 Å². The number of halogens is 2. The molecule has 7 nitrogen and oxygen atoms in total. The number of hydrogen-bond donors (Lipinski definition) is 2. The van der Waals surface area contributed by atoms with Crippen molar-refractivity contribution in [3.63, 3.8) is 0 Å². The van der Waals surface area contributed by atoms with Gasteiger partial charge in [0.15, 0.2) is 0 Å². The van der Waals surface area contributed by atoms with E-state index in [1.807, 2.05) is 0 Å². The standard InChI is InChI=1S/C21H16Cl2N2O5S/c1-30-21(27)14-8-9-16(22)18(11-14)24-20(26)13-7-10-17(23)19(12-13)31(28,29)25-15-5-3-2-4-6-15/h2-12,25H,1H3,(H,24,26). The van der Waals surface area contributed by atoms with Gasteiger partial charge in [-0.2, -0.15) is 0 Å². The van der Waals surface area contributed by atoms with E-state index in [0.717, 1.165) is 6.07 Å². The Morgan fingerprint density at radius 3 is 2.19 bits per heavy atom. The molecular weight excluding hydrogens is 463 g/mol. The molecule has 0 radical (unpaired) electrons. The van der Waals surface area contributed by atoms with Crippen LogP contribution in [0, 0.1) is 0 Å². The predicted molar refractivity (Wildman–Crippen MR) is 119 cm³/mol. The second-order valence-electron chi connectivity index (χ2n) is 6.26. The lowest BCUT2D eigenvalue weighted by Gasteiger charge is -2.12. The molecule has 10 heteroatoms. The normalized spacial score (nSPS) is 10.9. The molecule has 2 N–H and O–H groups in total. The zero-order valence-electron chi connectivity index (χ0n) is 16.1. The maximum absolute atomic E-state index is 12.8. The third-order valence-electron chi connectivity index (χ3n) is 4.14. The minimum atomic E-state index is -4.05. The molecule has 3 aromatic carbocycles. The van der Waals surface area contributed by atoms with Crippen LogP contribution in [0.5, 0.6) is 0 Å². The lowest BCUT2D eigenvalue weighted by atomic mass is 10.1. The SMILES string of the molecule is COC(=O)c1ccc(Cl)c(NC(=O)c2ccc(Cl)c(S(=O)(=O)Nc3ccccc3)c2)c1. The molecule has 0 fully saturated rings. The smallest absolute Gasteiger partial charge is 0.337 e. The number of benzene rings is 3. The topological polar surface area (TPSA) is 102 Å². The summed E-state index contributed by atoms with van der Waals surface area (Å²) in [6, 6.07) is 16.3. The number of carbonyl (C=O) groups excluding carboxylic acids is 2. The molecule has 0 atom stereocenters. The number of amides is 1. The number of anilines is 2. The Kier molecular flexibility index (Phi) is 6.84. The van der Waals surface area contributed by atoms with Gasteiger partial charge in [0.2, 0.25) is 0 Å². The van der Waals surface area contributed by atoms with Crippen molar-refractivity contribution in [3.8, 4) is 0 Å². The van der Waals surface area contributed by atoms with E-state index in [4.69, 9.17) is 23.2 Å². The molecule has 0 spiro atoms. The molecule has 1 amide bonds. The zero-order chi connectivity index (χ0) is 22.6. The summed E-state index contributed by atoms with van der Waals surface area (Å²) in [5.74, 6) is -1.24. The van der Waals surface area contributed by atoms with Crippen molar-refractivity contribution in [2.75, 3.05) is 17.1 Å². The van der Waals surface area contributed by atoms with Crippen LogP contribution in [0.25, 0.3) is 0 Å². The number of nitrogens with one attached hydrogen (secondary N) is 2. The molecule has 0 unspecified atom stereocenters. The number of carbonyl (C=O) groups is 2. The van der Waals surface area contributed by atoms with E-state index in [1.165, 1.54) is 37.4 Å². The predicted octanol–water partition coefficient (Wildman–Crippen LogP) is 4.83. The van der Waals surface area contributed by atoms with E-state index >= 15 is 0 Å². The van der Waals surface area contributed by atoms with Crippen LogP contribution in [0.15, 0.2) is 71.6 Å². The van der Waals surface area contributed by atoms with Gasteiger partial charge in [0.25, 0.3) is 15.9 Å². The number of esters is 1. The van der Waals surface area contributed by atoms with Gasteiger partial charge in [-0.25, -0.2) is 13.2 Å². The largest absolute Gasteiger partial charge is 0.465 e. The first-order valence-electron chi connectivity index (χ1n) is 8.78. The van der Waals surface area contributed by atoms with Crippen LogP contribution >= 0.6 is 23.2 Å². The number of sulfonamides is 1. The van der Waals surface area contributed by atoms with Crippen LogP contribution in [0.1, 0.15) is 20.7 Å². The van der Waals surface area contributed by atoms with Gasteiger partial charge in [-0.05, 0) is 48.5 Å². The van der Waals surface area contributed by atoms with Crippen LogP contribution in [0.4, 0.5) is 11.4 Å². The Morgan fingerprint density at radius 2 is 1.52 bits per heavy atom. The average Bonchev–Trinajstić information content (AvgIpc) is 2.75. The first-order chi connectivity index (χ1) is 14.7. The van der Waals surface area contributed by atoms with Crippen molar-refractivity contribution < 1.29 is 22.7 Å². The number of rotatable bonds is 6. The van der Waals surface area contributed by atoms with E-state index in [1.54, 1.807) is 30.3 Å². The number of ether oxygens (including phenoxy) is 1. The lowest BCUT2D eigenvalue weighted by Crippen LogP contribution is -2.17. The van der Waals surface area contributed by atoms with Gasteiger partial charge in [0.1, 0.15) is 4.90 Å². The van der Waals surface area contributed by atoms with Crippen LogP contribution in [0.2, 0.25) is 10.0 Å². The van der Waals surface area contributed by atoms with Gasteiger partial charge in [-0.3, -0.25) is 9.52 Å². The second-order valence-corrected chi connectivity index (χ2v) is 8.72. The summed E-state index contributed by atoms with van der Waals surface area (Å²) in [5, 5.41) is 2.69. The molecule has 160 valence electrons.